The van der Waals surface area contributed by atoms with Crippen molar-refractivity contribution in [3.8, 4) is 0 Å². The summed E-state index contributed by atoms with van der Waals surface area (Å²) >= 11 is 0. The number of carbonyl (C=O) groups excluding carboxylic acids is 1. The Hall–Kier alpha value is -2.43. The van der Waals surface area contributed by atoms with Crippen LogP contribution in [-0.4, -0.2) is 5.91 Å². The van der Waals surface area contributed by atoms with Crippen LogP contribution in [0.25, 0.3) is 0 Å². The van der Waals surface area contributed by atoms with Gasteiger partial charge in [0.05, 0.1) is 0 Å². The lowest BCUT2D eigenvalue weighted by molar-refractivity contribution is 0.1000. The SMILES string of the molecule is Cc1cc(C(N)=O)ccc1NCc1cccc(F)c1F. The first-order chi connectivity index (χ1) is 9.49. The molecule has 0 heterocycles. The molecule has 0 aliphatic heterocycles. The van der Waals surface area contributed by atoms with Gasteiger partial charge in [0.1, 0.15) is 0 Å². The molecule has 104 valence electrons. The molecule has 0 atom stereocenters. The van der Waals surface area contributed by atoms with Gasteiger partial charge in [0.15, 0.2) is 11.6 Å². The third kappa shape index (κ3) is 2.93. The zero-order valence-corrected chi connectivity index (χ0v) is 10.9. The van der Waals surface area contributed by atoms with Crippen LogP contribution in [0.1, 0.15) is 21.5 Å². The molecule has 0 radical (unpaired) electrons. The highest BCUT2D eigenvalue weighted by atomic mass is 19.2. The average Bonchev–Trinajstić information content (AvgIpc) is 2.41. The van der Waals surface area contributed by atoms with Crippen LogP contribution in [0.5, 0.6) is 0 Å². The van der Waals surface area contributed by atoms with Crippen molar-refractivity contribution < 1.29 is 13.6 Å². The summed E-state index contributed by atoms with van der Waals surface area (Å²) in [6.07, 6.45) is 0. The summed E-state index contributed by atoms with van der Waals surface area (Å²) in [7, 11) is 0. The summed E-state index contributed by atoms with van der Waals surface area (Å²) < 4.78 is 26.6. The fourth-order valence-corrected chi connectivity index (χ4v) is 1.89. The van der Waals surface area contributed by atoms with Gasteiger partial charge < -0.3 is 11.1 Å². The maximum absolute atomic E-state index is 13.5. The third-order valence-corrected chi connectivity index (χ3v) is 3.01. The fourth-order valence-electron chi connectivity index (χ4n) is 1.89. The molecule has 2 rings (SSSR count). The molecule has 0 saturated carbocycles. The number of halogens is 2. The quantitative estimate of drug-likeness (QED) is 0.902. The summed E-state index contributed by atoms with van der Waals surface area (Å²) in [6.45, 7) is 1.96. The molecule has 0 unspecified atom stereocenters. The number of carbonyl (C=O) groups is 1. The number of primary amides is 1. The number of amides is 1. The molecule has 0 aliphatic carbocycles. The zero-order valence-electron chi connectivity index (χ0n) is 10.9. The van der Waals surface area contributed by atoms with Gasteiger partial charge in [0.25, 0.3) is 0 Å². The van der Waals surface area contributed by atoms with Gasteiger partial charge in [0.2, 0.25) is 5.91 Å². The first-order valence-corrected chi connectivity index (χ1v) is 6.06. The van der Waals surface area contributed by atoms with E-state index in [0.29, 0.717) is 5.56 Å². The van der Waals surface area contributed by atoms with Crippen molar-refractivity contribution in [3.05, 3.63) is 64.7 Å². The molecule has 1 amide bonds. The van der Waals surface area contributed by atoms with Gasteiger partial charge in [-0.15, -0.1) is 0 Å². The highest BCUT2D eigenvalue weighted by Gasteiger charge is 2.08. The van der Waals surface area contributed by atoms with Crippen molar-refractivity contribution in [3.63, 3.8) is 0 Å². The Balaban J connectivity index is 2.15. The minimum absolute atomic E-state index is 0.153. The predicted octanol–water partition coefficient (Wildman–Crippen LogP) is 2.98. The molecule has 3 nitrogen and oxygen atoms in total. The van der Waals surface area contributed by atoms with E-state index in [1.54, 1.807) is 25.1 Å². The zero-order chi connectivity index (χ0) is 14.7. The number of nitrogens with two attached hydrogens (primary N) is 1. The summed E-state index contributed by atoms with van der Waals surface area (Å²) in [6, 6.07) is 8.96. The van der Waals surface area contributed by atoms with E-state index in [0.717, 1.165) is 17.3 Å². The second kappa shape index (κ2) is 5.69. The lowest BCUT2D eigenvalue weighted by Crippen LogP contribution is -2.11. The van der Waals surface area contributed by atoms with Crippen molar-refractivity contribution in [2.24, 2.45) is 5.73 Å². The molecule has 0 spiro atoms. The summed E-state index contributed by atoms with van der Waals surface area (Å²) in [5.74, 6) is -2.23. The highest BCUT2D eigenvalue weighted by Crippen LogP contribution is 2.19. The van der Waals surface area contributed by atoms with Crippen molar-refractivity contribution in [2.45, 2.75) is 13.5 Å². The molecule has 20 heavy (non-hydrogen) atoms. The Morgan fingerprint density at radius 1 is 1.25 bits per heavy atom. The molecule has 3 N–H and O–H groups in total. The number of benzene rings is 2. The van der Waals surface area contributed by atoms with Crippen LogP contribution in [0.15, 0.2) is 36.4 Å². The number of hydrogen-bond acceptors (Lipinski definition) is 2. The van der Waals surface area contributed by atoms with Crippen molar-refractivity contribution >= 4 is 11.6 Å². The van der Waals surface area contributed by atoms with E-state index in [1.807, 2.05) is 0 Å². The number of anilines is 1. The molecule has 0 aliphatic rings. The largest absolute Gasteiger partial charge is 0.381 e. The highest BCUT2D eigenvalue weighted by molar-refractivity contribution is 5.93. The van der Waals surface area contributed by atoms with Crippen molar-refractivity contribution in [1.82, 2.24) is 0 Å². The number of nitrogens with one attached hydrogen (secondary N) is 1. The maximum atomic E-state index is 13.5. The Bertz CT molecular complexity index is 656. The molecule has 0 aromatic heterocycles. The van der Waals surface area contributed by atoms with E-state index in [1.165, 1.54) is 12.1 Å². The minimum Gasteiger partial charge on any atom is -0.381 e. The first-order valence-electron chi connectivity index (χ1n) is 6.06. The molecule has 2 aromatic rings. The van der Waals surface area contributed by atoms with Gasteiger partial charge in [-0.2, -0.15) is 0 Å². The van der Waals surface area contributed by atoms with Crippen LogP contribution >= 0.6 is 0 Å². The van der Waals surface area contributed by atoms with Gasteiger partial charge in [-0.05, 0) is 36.8 Å². The van der Waals surface area contributed by atoms with E-state index < -0.39 is 17.5 Å². The van der Waals surface area contributed by atoms with Crippen LogP contribution in [0.3, 0.4) is 0 Å². The average molecular weight is 276 g/mol. The van der Waals surface area contributed by atoms with Crippen LogP contribution in [-0.2, 0) is 6.54 Å². The second-order valence-corrected chi connectivity index (χ2v) is 4.46. The summed E-state index contributed by atoms with van der Waals surface area (Å²) in [5, 5.41) is 3.00. The Morgan fingerprint density at radius 3 is 2.65 bits per heavy atom. The number of rotatable bonds is 4. The topological polar surface area (TPSA) is 55.1 Å². The number of aryl methyl sites for hydroxylation is 1. The predicted molar refractivity (Wildman–Crippen MR) is 73.4 cm³/mol. The molecular formula is C15H14F2N2O. The molecular weight excluding hydrogens is 262 g/mol. The Labute approximate surface area is 115 Å². The molecule has 0 fully saturated rings. The number of hydrogen-bond donors (Lipinski definition) is 2. The van der Waals surface area contributed by atoms with Crippen molar-refractivity contribution in [1.29, 1.82) is 0 Å². The van der Waals surface area contributed by atoms with Crippen LogP contribution in [0.4, 0.5) is 14.5 Å². The maximum Gasteiger partial charge on any atom is 0.248 e. The lowest BCUT2D eigenvalue weighted by atomic mass is 10.1. The smallest absolute Gasteiger partial charge is 0.248 e. The lowest BCUT2D eigenvalue weighted by Gasteiger charge is -2.11. The standard InChI is InChI=1S/C15H14F2N2O/c1-9-7-10(15(18)20)5-6-13(9)19-8-11-3-2-4-12(16)14(11)17/h2-7,19H,8H2,1H3,(H2,18,20). The second-order valence-electron chi connectivity index (χ2n) is 4.46. The Morgan fingerprint density at radius 2 is 2.00 bits per heavy atom. The summed E-state index contributed by atoms with van der Waals surface area (Å²) in [5.41, 5.74) is 7.37. The van der Waals surface area contributed by atoms with Gasteiger partial charge in [-0.3, -0.25) is 4.79 Å². The Kier molecular flexibility index (Phi) is 3.98. The van der Waals surface area contributed by atoms with Crippen LogP contribution in [0.2, 0.25) is 0 Å². The monoisotopic (exact) mass is 276 g/mol. The molecule has 0 bridgehead atoms. The van der Waals surface area contributed by atoms with Gasteiger partial charge >= 0.3 is 0 Å². The van der Waals surface area contributed by atoms with Crippen LogP contribution < -0.4 is 11.1 Å². The molecule has 5 heteroatoms. The van der Waals surface area contributed by atoms with E-state index in [9.17, 15) is 13.6 Å². The fraction of sp³-hybridized carbons (Fsp3) is 0.133. The minimum atomic E-state index is -0.870. The van der Waals surface area contributed by atoms with E-state index in [-0.39, 0.29) is 12.1 Å². The molecule has 2 aromatic carbocycles. The molecule has 0 saturated heterocycles. The van der Waals surface area contributed by atoms with Crippen molar-refractivity contribution in [2.75, 3.05) is 5.32 Å². The summed E-state index contributed by atoms with van der Waals surface area (Å²) in [4.78, 5) is 11.0. The van der Waals surface area contributed by atoms with Crippen LogP contribution in [0, 0.1) is 18.6 Å². The van der Waals surface area contributed by atoms with Gasteiger partial charge in [0, 0.05) is 23.4 Å². The first kappa shape index (κ1) is 14.0. The van der Waals surface area contributed by atoms with E-state index in [4.69, 9.17) is 5.73 Å². The third-order valence-electron chi connectivity index (χ3n) is 3.01. The van der Waals surface area contributed by atoms with E-state index >= 15 is 0 Å². The normalized spacial score (nSPS) is 10.3. The van der Waals surface area contributed by atoms with Gasteiger partial charge in [-0.1, -0.05) is 12.1 Å². The van der Waals surface area contributed by atoms with Gasteiger partial charge in [-0.25, -0.2) is 8.78 Å². The van der Waals surface area contributed by atoms with E-state index in [2.05, 4.69) is 5.32 Å².